The zero-order chi connectivity index (χ0) is 20.1. The van der Waals surface area contributed by atoms with Crippen LogP contribution in [0.5, 0.6) is 0 Å². The Kier molecular flexibility index (Phi) is 5.58. The number of carbonyl (C=O) groups excluding carboxylic acids is 1. The summed E-state index contributed by atoms with van der Waals surface area (Å²) in [6.07, 6.45) is 3.08. The Morgan fingerprint density at radius 1 is 1.03 bits per heavy atom. The lowest BCUT2D eigenvalue weighted by molar-refractivity contribution is 0.0424. The van der Waals surface area contributed by atoms with Gasteiger partial charge < -0.3 is 14.6 Å². The molecule has 0 bridgehead atoms. The maximum absolute atomic E-state index is 12.4. The number of fused-ring (bicyclic) bond motifs is 1. The largest absolute Gasteiger partial charge is 0.372 e. The van der Waals surface area contributed by atoms with Crippen LogP contribution in [0.2, 0.25) is 0 Å². The molecular weight excluding hydrogens is 366 g/mol. The van der Waals surface area contributed by atoms with Crippen LogP contribution in [-0.2, 0) is 17.9 Å². The van der Waals surface area contributed by atoms with Gasteiger partial charge in [-0.25, -0.2) is 15.0 Å². The third-order valence-electron chi connectivity index (χ3n) is 4.50. The van der Waals surface area contributed by atoms with Crippen molar-refractivity contribution in [3.8, 4) is 0 Å². The van der Waals surface area contributed by atoms with Gasteiger partial charge in [-0.05, 0) is 24.6 Å². The van der Waals surface area contributed by atoms with E-state index >= 15 is 0 Å². The van der Waals surface area contributed by atoms with E-state index in [-0.39, 0.29) is 12.0 Å². The summed E-state index contributed by atoms with van der Waals surface area (Å²) < 4.78 is 7.85. The van der Waals surface area contributed by atoms with Crippen LogP contribution in [0.3, 0.4) is 0 Å². The number of hydrogen-bond donors (Lipinski definition) is 1. The number of anilines is 1. The number of amides is 1. The van der Waals surface area contributed by atoms with Gasteiger partial charge in [-0.2, -0.15) is 0 Å². The first-order chi connectivity index (χ1) is 14.2. The number of aromatic nitrogens is 4. The number of ether oxygens (including phenoxy) is 1. The summed E-state index contributed by atoms with van der Waals surface area (Å²) in [5.74, 6) is 0.153. The predicted molar refractivity (Wildman–Crippen MR) is 110 cm³/mol. The van der Waals surface area contributed by atoms with Crippen LogP contribution in [-0.4, -0.2) is 31.5 Å². The SMILES string of the molecule is CC(Cn1cnc2c(NC(=O)c3ccccc3)ncnc21)OCc1ccccc1. The average Bonchev–Trinajstić information content (AvgIpc) is 3.17. The van der Waals surface area contributed by atoms with E-state index < -0.39 is 0 Å². The quantitative estimate of drug-likeness (QED) is 0.523. The van der Waals surface area contributed by atoms with Crippen LogP contribution in [0, 0.1) is 0 Å². The van der Waals surface area contributed by atoms with Crippen LogP contribution < -0.4 is 5.32 Å². The second kappa shape index (κ2) is 8.62. The molecule has 2 aromatic heterocycles. The van der Waals surface area contributed by atoms with Crippen LogP contribution in [0.15, 0.2) is 73.3 Å². The maximum atomic E-state index is 12.4. The molecule has 0 spiro atoms. The fourth-order valence-corrected chi connectivity index (χ4v) is 3.02. The number of nitrogens with zero attached hydrogens (tertiary/aromatic N) is 4. The Morgan fingerprint density at radius 3 is 2.52 bits per heavy atom. The molecule has 7 nitrogen and oxygen atoms in total. The minimum Gasteiger partial charge on any atom is -0.372 e. The van der Waals surface area contributed by atoms with E-state index in [9.17, 15) is 4.79 Å². The summed E-state index contributed by atoms with van der Waals surface area (Å²) >= 11 is 0. The first-order valence-corrected chi connectivity index (χ1v) is 9.38. The van der Waals surface area contributed by atoms with E-state index in [0.29, 0.717) is 35.7 Å². The number of rotatable bonds is 7. The molecule has 0 radical (unpaired) electrons. The molecule has 1 N–H and O–H groups in total. The molecule has 0 aliphatic carbocycles. The summed E-state index contributed by atoms with van der Waals surface area (Å²) in [7, 11) is 0. The van der Waals surface area contributed by atoms with Gasteiger partial charge in [0.05, 0.1) is 25.6 Å². The van der Waals surface area contributed by atoms with Crippen molar-refractivity contribution in [1.82, 2.24) is 19.5 Å². The number of hydrogen-bond acceptors (Lipinski definition) is 5. The smallest absolute Gasteiger partial charge is 0.256 e. The molecule has 0 aliphatic rings. The lowest BCUT2D eigenvalue weighted by Gasteiger charge is -2.14. The molecule has 4 rings (SSSR count). The summed E-state index contributed by atoms with van der Waals surface area (Å²) in [6.45, 7) is 3.14. The van der Waals surface area contributed by atoms with Gasteiger partial charge in [0.2, 0.25) is 0 Å². The Hall–Kier alpha value is -3.58. The second-order valence-electron chi connectivity index (χ2n) is 6.72. The molecular formula is C22H21N5O2. The van der Waals surface area contributed by atoms with Crippen molar-refractivity contribution in [2.24, 2.45) is 0 Å². The number of carbonyl (C=O) groups is 1. The minimum absolute atomic E-state index is 0.0371. The number of imidazole rings is 1. The van der Waals surface area contributed by atoms with Crippen LogP contribution in [0.25, 0.3) is 11.2 Å². The standard InChI is InChI=1S/C22H21N5O2/c1-16(29-13-17-8-4-2-5-9-17)12-27-15-25-19-20(23-14-24-21(19)27)26-22(28)18-10-6-3-7-11-18/h2-11,14-16H,12-13H2,1H3,(H,23,24,26,28). The molecule has 1 amide bonds. The molecule has 1 atom stereocenters. The Bertz CT molecular complexity index is 1100. The van der Waals surface area contributed by atoms with E-state index in [1.165, 1.54) is 6.33 Å². The van der Waals surface area contributed by atoms with Gasteiger partial charge >= 0.3 is 0 Å². The number of benzene rings is 2. The van der Waals surface area contributed by atoms with Crippen molar-refractivity contribution in [1.29, 1.82) is 0 Å². The number of nitrogens with one attached hydrogen (secondary N) is 1. The van der Waals surface area contributed by atoms with E-state index in [1.54, 1.807) is 18.5 Å². The molecule has 1 unspecified atom stereocenters. The zero-order valence-corrected chi connectivity index (χ0v) is 16.0. The fourth-order valence-electron chi connectivity index (χ4n) is 3.02. The first-order valence-electron chi connectivity index (χ1n) is 9.38. The summed E-state index contributed by atoms with van der Waals surface area (Å²) in [6, 6.07) is 19.0. The van der Waals surface area contributed by atoms with Crippen LogP contribution in [0.4, 0.5) is 5.82 Å². The van der Waals surface area contributed by atoms with E-state index in [0.717, 1.165) is 5.56 Å². The summed E-state index contributed by atoms with van der Waals surface area (Å²) in [5, 5.41) is 2.82. The molecule has 29 heavy (non-hydrogen) atoms. The highest BCUT2D eigenvalue weighted by Gasteiger charge is 2.15. The lowest BCUT2D eigenvalue weighted by Crippen LogP contribution is -2.16. The fraction of sp³-hybridized carbons (Fsp3) is 0.182. The van der Waals surface area contributed by atoms with Crippen molar-refractivity contribution >= 4 is 22.9 Å². The average molecular weight is 387 g/mol. The third kappa shape index (κ3) is 4.47. The van der Waals surface area contributed by atoms with Gasteiger partial charge in [-0.1, -0.05) is 48.5 Å². The molecule has 146 valence electrons. The second-order valence-corrected chi connectivity index (χ2v) is 6.72. The van der Waals surface area contributed by atoms with Gasteiger partial charge in [0, 0.05) is 5.56 Å². The van der Waals surface area contributed by atoms with Gasteiger partial charge in [0.1, 0.15) is 6.33 Å². The van der Waals surface area contributed by atoms with Crippen molar-refractivity contribution in [2.75, 3.05) is 5.32 Å². The molecule has 2 heterocycles. The molecule has 0 aliphatic heterocycles. The molecule has 7 heteroatoms. The first kappa shape index (κ1) is 18.8. The highest BCUT2D eigenvalue weighted by molar-refractivity contribution is 6.06. The Labute approximate surface area is 168 Å². The zero-order valence-electron chi connectivity index (χ0n) is 16.0. The van der Waals surface area contributed by atoms with Crippen LogP contribution in [0.1, 0.15) is 22.8 Å². The monoisotopic (exact) mass is 387 g/mol. The Balaban J connectivity index is 1.46. The topological polar surface area (TPSA) is 81.9 Å². The van der Waals surface area contributed by atoms with E-state index in [2.05, 4.69) is 20.3 Å². The lowest BCUT2D eigenvalue weighted by atomic mass is 10.2. The predicted octanol–water partition coefficient (Wildman–Crippen LogP) is 3.68. The van der Waals surface area contributed by atoms with E-state index in [1.807, 2.05) is 60.0 Å². The molecule has 2 aromatic carbocycles. The van der Waals surface area contributed by atoms with Crippen molar-refractivity contribution in [3.05, 3.63) is 84.4 Å². The highest BCUT2D eigenvalue weighted by Crippen LogP contribution is 2.19. The summed E-state index contributed by atoms with van der Waals surface area (Å²) in [4.78, 5) is 25.4. The van der Waals surface area contributed by atoms with Gasteiger partial charge in [-0.15, -0.1) is 0 Å². The van der Waals surface area contributed by atoms with Crippen LogP contribution >= 0.6 is 0 Å². The maximum Gasteiger partial charge on any atom is 0.256 e. The molecule has 0 saturated carbocycles. The highest BCUT2D eigenvalue weighted by atomic mass is 16.5. The van der Waals surface area contributed by atoms with Crippen molar-refractivity contribution < 1.29 is 9.53 Å². The normalized spacial score (nSPS) is 12.0. The minimum atomic E-state index is -0.236. The van der Waals surface area contributed by atoms with Gasteiger partial charge in [0.25, 0.3) is 5.91 Å². The van der Waals surface area contributed by atoms with Crippen molar-refractivity contribution in [3.63, 3.8) is 0 Å². The van der Waals surface area contributed by atoms with E-state index in [4.69, 9.17) is 4.74 Å². The molecule has 0 saturated heterocycles. The summed E-state index contributed by atoms with van der Waals surface area (Å²) in [5.41, 5.74) is 2.88. The van der Waals surface area contributed by atoms with Gasteiger partial charge in [-0.3, -0.25) is 4.79 Å². The Morgan fingerprint density at radius 2 is 1.76 bits per heavy atom. The van der Waals surface area contributed by atoms with Gasteiger partial charge in [0.15, 0.2) is 17.0 Å². The molecule has 4 aromatic rings. The molecule has 0 fully saturated rings. The van der Waals surface area contributed by atoms with Crippen molar-refractivity contribution in [2.45, 2.75) is 26.2 Å². The third-order valence-corrected chi connectivity index (χ3v) is 4.50.